The van der Waals surface area contributed by atoms with Crippen molar-refractivity contribution in [3.63, 3.8) is 0 Å². The van der Waals surface area contributed by atoms with E-state index in [-0.39, 0.29) is 5.82 Å². The van der Waals surface area contributed by atoms with Crippen LogP contribution in [0.15, 0.2) is 41.4 Å². The lowest BCUT2D eigenvalue weighted by Gasteiger charge is -2.08. The van der Waals surface area contributed by atoms with E-state index in [0.29, 0.717) is 12.2 Å². The van der Waals surface area contributed by atoms with E-state index in [1.807, 2.05) is 23.6 Å². The van der Waals surface area contributed by atoms with Crippen LogP contribution in [0.5, 0.6) is 0 Å². The van der Waals surface area contributed by atoms with Crippen LogP contribution in [-0.2, 0) is 6.54 Å². The molecule has 0 fully saturated rings. The number of nitrogens with zero attached hydrogens (tertiary/aromatic N) is 3. The van der Waals surface area contributed by atoms with Gasteiger partial charge in [0.1, 0.15) is 10.4 Å². The molecule has 0 aliphatic rings. The number of hydrogen-bond acceptors (Lipinski definition) is 3. The first-order valence-corrected chi connectivity index (χ1v) is 6.90. The molecule has 0 saturated heterocycles. The highest BCUT2D eigenvalue weighted by Gasteiger charge is 2.06. The average Bonchev–Trinajstić information content (AvgIpc) is 2.80. The molecule has 102 valence electrons. The lowest BCUT2D eigenvalue weighted by molar-refractivity contribution is 0.628. The Bertz CT molecular complexity index is 769. The molecule has 6 heteroatoms. The van der Waals surface area contributed by atoms with Crippen LogP contribution < -0.4 is 5.32 Å². The van der Waals surface area contributed by atoms with Gasteiger partial charge in [-0.3, -0.25) is 4.40 Å². The van der Waals surface area contributed by atoms with E-state index in [1.165, 1.54) is 6.07 Å². The van der Waals surface area contributed by atoms with Crippen molar-refractivity contribution < 1.29 is 4.39 Å². The Labute approximate surface area is 123 Å². The fourth-order valence-electron chi connectivity index (χ4n) is 2.00. The summed E-state index contributed by atoms with van der Waals surface area (Å²) >= 11 is 3.33. The van der Waals surface area contributed by atoms with Gasteiger partial charge in [0, 0.05) is 6.20 Å². The molecule has 2 heterocycles. The fourth-order valence-corrected chi connectivity index (χ4v) is 2.30. The predicted octanol–water partition coefficient (Wildman–Crippen LogP) is 3.55. The summed E-state index contributed by atoms with van der Waals surface area (Å²) in [6.45, 7) is 2.35. The maximum Gasteiger partial charge on any atom is 0.155 e. The van der Waals surface area contributed by atoms with Gasteiger partial charge in [0.2, 0.25) is 0 Å². The van der Waals surface area contributed by atoms with Crippen molar-refractivity contribution in [2.24, 2.45) is 0 Å². The van der Waals surface area contributed by atoms with Crippen LogP contribution in [0.3, 0.4) is 0 Å². The number of aryl methyl sites for hydroxylation is 1. The summed E-state index contributed by atoms with van der Waals surface area (Å²) in [6, 6.07) is 5.13. The monoisotopic (exact) mass is 334 g/mol. The van der Waals surface area contributed by atoms with E-state index in [0.717, 1.165) is 21.5 Å². The van der Waals surface area contributed by atoms with Crippen LogP contribution in [0.4, 0.5) is 10.1 Å². The normalized spacial score (nSPS) is 10.9. The second-order valence-corrected chi connectivity index (χ2v) is 5.34. The molecule has 4 nitrogen and oxygen atoms in total. The molecule has 0 spiro atoms. The molecule has 2 aromatic heterocycles. The van der Waals surface area contributed by atoms with E-state index >= 15 is 0 Å². The van der Waals surface area contributed by atoms with E-state index in [2.05, 4.69) is 31.2 Å². The van der Waals surface area contributed by atoms with Crippen LogP contribution >= 0.6 is 15.9 Å². The molecule has 0 bridgehead atoms. The Kier molecular flexibility index (Phi) is 3.40. The fraction of sp³-hybridized carbons (Fsp3) is 0.143. The van der Waals surface area contributed by atoms with Crippen molar-refractivity contribution in [3.8, 4) is 0 Å². The molecule has 0 amide bonds. The van der Waals surface area contributed by atoms with Gasteiger partial charge < -0.3 is 5.32 Å². The third kappa shape index (κ3) is 2.51. The molecule has 0 unspecified atom stereocenters. The molecule has 20 heavy (non-hydrogen) atoms. The lowest BCUT2D eigenvalue weighted by Crippen LogP contribution is -2.04. The van der Waals surface area contributed by atoms with E-state index in [1.54, 1.807) is 18.5 Å². The van der Waals surface area contributed by atoms with Gasteiger partial charge in [0.05, 0.1) is 30.3 Å². The highest BCUT2D eigenvalue weighted by atomic mass is 79.9. The van der Waals surface area contributed by atoms with Crippen molar-refractivity contribution in [2.45, 2.75) is 13.5 Å². The van der Waals surface area contributed by atoms with Crippen LogP contribution in [0, 0.1) is 12.7 Å². The minimum absolute atomic E-state index is 0.248. The molecule has 1 N–H and O–H groups in total. The Morgan fingerprint density at radius 3 is 2.95 bits per heavy atom. The van der Waals surface area contributed by atoms with Gasteiger partial charge >= 0.3 is 0 Å². The minimum atomic E-state index is -0.248. The number of benzene rings is 1. The van der Waals surface area contributed by atoms with Gasteiger partial charge in [-0.1, -0.05) is 6.07 Å². The van der Waals surface area contributed by atoms with Gasteiger partial charge in [0.25, 0.3) is 0 Å². The first-order chi connectivity index (χ1) is 9.63. The quantitative estimate of drug-likeness (QED) is 0.796. The van der Waals surface area contributed by atoms with Crippen molar-refractivity contribution in [3.05, 3.63) is 58.5 Å². The third-order valence-corrected chi connectivity index (χ3v) is 3.44. The maximum absolute atomic E-state index is 13.8. The number of hydrogen-bond donors (Lipinski definition) is 1. The molecular weight excluding hydrogens is 323 g/mol. The van der Waals surface area contributed by atoms with E-state index in [9.17, 15) is 4.39 Å². The number of nitrogens with one attached hydrogen (secondary N) is 1. The second-order valence-electron chi connectivity index (χ2n) is 4.52. The first-order valence-electron chi connectivity index (χ1n) is 6.11. The zero-order valence-corrected chi connectivity index (χ0v) is 12.4. The molecule has 0 radical (unpaired) electrons. The topological polar surface area (TPSA) is 42.2 Å². The molecule has 0 aliphatic heterocycles. The highest BCUT2D eigenvalue weighted by molar-refractivity contribution is 9.10. The molecule has 0 saturated carbocycles. The average molecular weight is 335 g/mol. The predicted molar refractivity (Wildman–Crippen MR) is 79.2 cm³/mol. The van der Waals surface area contributed by atoms with Crippen LogP contribution in [0.25, 0.3) is 5.65 Å². The van der Waals surface area contributed by atoms with E-state index < -0.39 is 0 Å². The summed E-state index contributed by atoms with van der Waals surface area (Å²) in [6.07, 6.45) is 5.27. The summed E-state index contributed by atoms with van der Waals surface area (Å²) in [7, 11) is 0. The molecule has 0 atom stereocenters. The summed E-state index contributed by atoms with van der Waals surface area (Å²) in [5.74, 6) is -0.248. The summed E-state index contributed by atoms with van der Waals surface area (Å²) in [5.41, 5.74) is 3.08. The molecule has 0 aliphatic carbocycles. The SMILES string of the molecule is Cc1ccc(NCc2cnc3cnc(Br)cn23)c(F)c1. The largest absolute Gasteiger partial charge is 0.377 e. The van der Waals surface area contributed by atoms with Gasteiger partial charge in [-0.2, -0.15) is 0 Å². The first kappa shape index (κ1) is 13.1. The van der Waals surface area contributed by atoms with Crippen molar-refractivity contribution in [1.29, 1.82) is 0 Å². The number of halogens is 2. The minimum Gasteiger partial charge on any atom is -0.377 e. The zero-order chi connectivity index (χ0) is 14.1. The van der Waals surface area contributed by atoms with Crippen molar-refractivity contribution >= 4 is 27.3 Å². The van der Waals surface area contributed by atoms with Crippen LogP contribution in [0.2, 0.25) is 0 Å². The number of anilines is 1. The molecule has 1 aromatic carbocycles. The summed E-state index contributed by atoms with van der Waals surface area (Å²) < 4.78 is 16.4. The van der Waals surface area contributed by atoms with Gasteiger partial charge in [0.15, 0.2) is 5.65 Å². The summed E-state index contributed by atoms with van der Waals surface area (Å²) in [5, 5.41) is 3.08. The maximum atomic E-state index is 13.8. The van der Waals surface area contributed by atoms with Crippen molar-refractivity contribution in [2.75, 3.05) is 5.32 Å². The molecule has 3 rings (SSSR count). The second kappa shape index (κ2) is 5.20. The Hall–Kier alpha value is -1.95. The van der Waals surface area contributed by atoms with Gasteiger partial charge in [-0.05, 0) is 40.5 Å². The van der Waals surface area contributed by atoms with Gasteiger partial charge in [-0.15, -0.1) is 0 Å². The smallest absolute Gasteiger partial charge is 0.155 e. The van der Waals surface area contributed by atoms with Crippen LogP contribution in [0.1, 0.15) is 11.3 Å². The van der Waals surface area contributed by atoms with Crippen LogP contribution in [-0.4, -0.2) is 14.4 Å². The molecule has 3 aromatic rings. The Morgan fingerprint density at radius 1 is 1.30 bits per heavy atom. The lowest BCUT2D eigenvalue weighted by atomic mass is 10.2. The Morgan fingerprint density at radius 2 is 2.15 bits per heavy atom. The number of fused-ring (bicyclic) bond motifs is 1. The van der Waals surface area contributed by atoms with E-state index in [4.69, 9.17) is 0 Å². The standard InChI is InChI=1S/C14H12BrFN4/c1-9-2-3-12(11(16)4-9)17-5-10-6-19-14-7-18-13(15)8-20(10)14/h2-4,6-8,17H,5H2,1H3. The third-order valence-electron chi connectivity index (χ3n) is 3.03. The summed E-state index contributed by atoms with van der Waals surface area (Å²) in [4.78, 5) is 8.37. The molecular formula is C14H12BrFN4. The van der Waals surface area contributed by atoms with Gasteiger partial charge in [-0.25, -0.2) is 14.4 Å². The number of rotatable bonds is 3. The highest BCUT2D eigenvalue weighted by Crippen LogP contribution is 2.17. The Balaban J connectivity index is 1.85. The number of imidazole rings is 1. The van der Waals surface area contributed by atoms with Crippen molar-refractivity contribution in [1.82, 2.24) is 14.4 Å². The number of aromatic nitrogens is 3. The zero-order valence-electron chi connectivity index (χ0n) is 10.8.